The Morgan fingerprint density at radius 2 is 2.15 bits per heavy atom. The van der Waals surface area contributed by atoms with Gasteiger partial charge in [-0.15, -0.1) is 0 Å². The summed E-state index contributed by atoms with van der Waals surface area (Å²) in [4.78, 5) is 0. The lowest BCUT2D eigenvalue weighted by Crippen LogP contribution is -2.44. The molecular formula is C7H13F2NO2S. The minimum Gasteiger partial charge on any atom is -0.314 e. The summed E-state index contributed by atoms with van der Waals surface area (Å²) in [7, 11) is -2.17. The van der Waals surface area contributed by atoms with Gasteiger partial charge in [-0.1, -0.05) is 0 Å². The molecule has 6 heteroatoms. The number of nitrogens with one attached hydrogen (secondary N) is 1. The Bertz CT molecular complexity index is 276. The summed E-state index contributed by atoms with van der Waals surface area (Å²) in [6, 6.07) is 0. The summed E-state index contributed by atoms with van der Waals surface area (Å²) < 4.78 is 48.7. The highest BCUT2D eigenvalue weighted by molar-refractivity contribution is 7.92. The van der Waals surface area contributed by atoms with Crippen molar-refractivity contribution in [1.29, 1.82) is 0 Å². The Kier molecular flexibility index (Phi) is 2.91. The zero-order chi connectivity index (χ0) is 10.1. The molecule has 1 saturated heterocycles. The maximum atomic E-state index is 13.2. The summed E-state index contributed by atoms with van der Waals surface area (Å²) >= 11 is 0. The second-order valence-electron chi connectivity index (χ2n) is 3.29. The molecule has 0 aromatic heterocycles. The molecule has 13 heavy (non-hydrogen) atoms. The van der Waals surface area contributed by atoms with E-state index in [0.717, 1.165) is 0 Å². The van der Waals surface area contributed by atoms with Gasteiger partial charge in [-0.25, -0.2) is 17.2 Å². The highest BCUT2D eigenvalue weighted by Gasteiger charge is 2.49. The van der Waals surface area contributed by atoms with Crippen LogP contribution < -0.4 is 5.32 Å². The van der Waals surface area contributed by atoms with Gasteiger partial charge in [0.05, 0.1) is 12.3 Å². The molecule has 0 aromatic rings. The van der Waals surface area contributed by atoms with Crippen molar-refractivity contribution in [3.63, 3.8) is 0 Å². The van der Waals surface area contributed by atoms with Gasteiger partial charge in [-0.2, -0.15) is 0 Å². The molecule has 0 spiro atoms. The quantitative estimate of drug-likeness (QED) is 0.739. The van der Waals surface area contributed by atoms with E-state index >= 15 is 0 Å². The van der Waals surface area contributed by atoms with Crippen LogP contribution in [-0.4, -0.2) is 38.9 Å². The smallest absolute Gasteiger partial charge is 0.276 e. The summed E-state index contributed by atoms with van der Waals surface area (Å²) in [5, 5.41) is 0.829. The van der Waals surface area contributed by atoms with E-state index in [1.165, 1.54) is 7.05 Å². The maximum Gasteiger partial charge on any atom is 0.276 e. The molecule has 3 nitrogen and oxygen atoms in total. The molecular weight excluding hydrogens is 200 g/mol. The van der Waals surface area contributed by atoms with Crippen molar-refractivity contribution < 1.29 is 17.2 Å². The molecule has 1 rings (SSSR count). The molecule has 1 fully saturated rings. The number of hydrogen-bond donors (Lipinski definition) is 1. The number of hydrogen-bond acceptors (Lipinski definition) is 3. The zero-order valence-electron chi connectivity index (χ0n) is 7.39. The van der Waals surface area contributed by atoms with Crippen LogP contribution in [-0.2, 0) is 9.84 Å². The average molecular weight is 213 g/mol. The summed E-state index contributed by atoms with van der Waals surface area (Å²) in [6.45, 7) is -0.573. The maximum absolute atomic E-state index is 13.2. The highest BCUT2D eigenvalue weighted by atomic mass is 32.2. The zero-order valence-corrected chi connectivity index (χ0v) is 8.20. The SMILES string of the molecule is CNCC(F)(F)C1CCCS1(=O)=O. The van der Waals surface area contributed by atoms with Gasteiger partial charge in [0, 0.05) is 0 Å². The van der Waals surface area contributed by atoms with Crippen LogP contribution in [0.2, 0.25) is 0 Å². The molecule has 0 bridgehead atoms. The fourth-order valence-electron chi connectivity index (χ4n) is 1.62. The first-order valence-electron chi connectivity index (χ1n) is 4.14. The van der Waals surface area contributed by atoms with Crippen LogP contribution in [0.1, 0.15) is 12.8 Å². The van der Waals surface area contributed by atoms with Gasteiger partial charge < -0.3 is 5.32 Å². The van der Waals surface area contributed by atoms with Gasteiger partial charge in [-0.3, -0.25) is 0 Å². The minimum absolute atomic E-state index is 0.0804. The lowest BCUT2D eigenvalue weighted by atomic mass is 10.1. The second-order valence-corrected chi connectivity index (χ2v) is 5.59. The van der Waals surface area contributed by atoms with Crippen molar-refractivity contribution in [3.05, 3.63) is 0 Å². The fourth-order valence-corrected chi connectivity index (χ4v) is 3.60. The lowest BCUT2D eigenvalue weighted by molar-refractivity contribution is -0.000521. The van der Waals surface area contributed by atoms with E-state index < -0.39 is 27.6 Å². The molecule has 1 aliphatic rings. The van der Waals surface area contributed by atoms with Crippen LogP contribution >= 0.6 is 0 Å². The van der Waals surface area contributed by atoms with Crippen molar-refractivity contribution in [2.24, 2.45) is 0 Å². The van der Waals surface area contributed by atoms with Crippen LogP contribution in [0.5, 0.6) is 0 Å². The first kappa shape index (κ1) is 10.8. The molecule has 1 unspecified atom stereocenters. The van der Waals surface area contributed by atoms with Gasteiger partial charge in [0.15, 0.2) is 9.84 Å². The fraction of sp³-hybridized carbons (Fsp3) is 1.00. The number of halogens is 2. The van der Waals surface area contributed by atoms with E-state index in [4.69, 9.17) is 0 Å². The van der Waals surface area contributed by atoms with Crippen LogP contribution in [0.15, 0.2) is 0 Å². The van der Waals surface area contributed by atoms with Gasteiger partial charge >= 0.3 is 0 Å². The Morgan fingerprint density at radius 1 is 1.54 bits per heavy atom. The van der Waals surface area contributed by atoms with E-state index in [-0.39, 0.29) is 12.2 Å². The van der Waals surface area contributed by atoms with Crippen LogP contribution in [0.4, 0.5) is 8.78 Å². The lowest BCUT2D eigenvalue weighted by Gasteiger charge is -2.21. The Hall–Kier alpha value is -0.230. The molecule has 1 aliphatic heterocycles. The van der Waals surface area contributed by atoms with Crippen LogP contribution in [0.25, 0.3) is 0 Å². The topological polar surface area (TPSA) is 46.2 Å². The van der Waals surface area contributed by atoms with E-state index in [9.17, 15) is 17.2 Å². The third kappa shape index (κ3) is 2.17. The number of alkyl halides is 2. The normalized spacial score (nSPS) is 27.8. The Balaban J connectivity index is 2.82. The van der Waals surface area contributed by atoms with E-state index in [1.54, 1.807) is 0 Å². The molecule has 1 N–H and O–H groups in total. The van der Waals surface area contributed by atoms with E-state index in [0.29, 0.717) is 6.42 Å². The first-order chi connectivity index (χ1) is 5.90. The van der Waals surface area contributed by atoms with Crippen LogP contribution in [0, 0.1) is 0 Å². The molecule has 0 saturated carbocycles. The monoisotopic (exact) mass is 213 g/mol. The molecule has 0 aromatic carbocycles. The summed E-state index contributed by atoms with van der Waals surface area (Å²) in [5.41, 5.74) is 0. The third-order valence-corrected chi connectivity index (χ3v) is 4.52. The predicted molar refractivity (Wildman–Crippen MR) is 45.7 cm³/mol. The van der Waals surface area contributed by atoms with E-state index in [2.05, 4.69) is 5.32 Å². The van der Waals surface area contributed by atoms with Gasteiger partial charge in [-0.05, 0) is 19.9 Å². The van der Waals surface area contributed by atoms with Crippen molar-refractivity contribution >= 4 is 9.84 Å². The summed E-state index contributed by atoms with van der Waals surface area (Å²) in [6.07, 6.45) is 0.434. The molecule has 0 aliphatic carbocycles. The Morgan fingerprint density at radius 3 is 2.54 bits per heavy atom. The largest absolute Gasteiger partial charge is 0.314 e. The number of sulfone groups is 1. The average Bonchev–Trinajstić information content (AvgIpc) is 2.29. The van der Waals surface area contributed by atoms with Crippen molar-refractivity contribution in [2.75, 3.05) is 19.3 Å². The van der Waals surface area contributed by atoms with E-state index in [1.807, 2.05) is 0 Å². The molecule has 0 radical (unpaired) electrons. The summed E-state index contributed by atoms with van der Waals surface area (Å²) in [5.74, 6) is -3.24. The number of rotatable bonds is 3. The molecule has 0 amide bonds. The molecule has 1 atom stereocenters. The Labute approximate surface area is 76.4 Å². The molecule has 78 valence electrons. The van der Waals surface area contributed by atoms with Crippen molar-refractivity contribution in [1.82, 2.24) is 5.32 Å². The molecule has 1 heterocycles. The minimum atomic E-state index is -3.56. The highest BCUT2D eigenvalue weighted by Crippen LogP contribution is 2.33. The predicted octanol–water partition coefficient (Wildman–Crippen LogP) is 0.418. The second kappa shape index (κ2) is 3.49. The van der Waals surface area contributed by atoms with Crippen LogP contribution in [0.3, 0.4) is 0 Å². The van der Waals surface area contributed by atoms with Gasteiger partial charge in [0.25, 0.3) is 5.92 Å². The third-order valence-electron chi connectivity index (χ3n) is 2.21. The van der Waals surface area contributed by atoms with Gasteiger partial charge in [0.1, 0.15) is 5.25 Å². The van der Waals surface area contributed by atoms with Crippen molar-refractivity contribution in [2.45, 2.75) is 24.0 Å². The standard InChI is InChI=1S/C7H13F2NO2S/c1-10-5-7(8,9)6-3-2-4-13(6,11)12/h6,10H,2-5H2,1H3. The van der Waals surface area contributed by atoms with Crippen molar-refractivity contribution in [3.8, 4) is 0 Å². The van der Waals surface area contributed by atoms with Gasteiger partial charge in [0.2, 0.25) is 0 Å². The first-order valence-corrected chi connectivity index (χ1v) is 5.86.